The van der Waals surface area contributed by atoms with Crippen molar-refractivity contribution in [2.45, 2.75) is 45.1 Å². The molecule has 1 aliphatic carbocycles. The molecule has 0 atom stereocenters. The van der Waals surface area contributed by atoms with E-state index in [4.69, 9.17) is 0 Å². The Kier molecular flexibility index (Phi) is 7.60. The van der Waals surface area contributed by atoms with Crippen molar-refractivity contribution in [1.82, 2.24) is 4.90 Å². The van der Waals surface area contributed by atoms with E-state index in [1.54, 1.807) is 42.5 Å². The topological polar surface area (TPSA) is 78.5 Å². The Morgan fingerprint density at radius 1 is 0.871 bits per heavy atom. The van der Waals surface area contributed by atoms with Gasteiger partial charge in [0.25, 0.3) is 5.91 Å². The van der Waals surface area contributed by atoms with Crippen molar-refractivity contribution in [3.05, 3.63) is 65.7 Å². The first-order chi connectivity index (χ1) is 14.9. The van der Waals surface area contributed by atoms with Gasteiger partial charge in [-0.25, -0.2) is 0 Å². The maximum atomic E-state index is 12.7. The second-order valence-corrected chi connectivity index (χ2v) is 7.91. The van der Waals surface area contributed by atoms with E-state index in [9.17, 15) is 14.4 Å². The molecular weight excluding hydrogens is 390 g/mol. The van der Waals surface area contributed by atoms with Crippen molar-refractivity contribution in [2.24, 2.45) is 0 Å². The van der Waals surface area contributed by atoms with Crippen molar-refractivity contribution >= 4 is 35.2 Å². The normalized spacial score (nSPS) is 14.3. The lowest BCUT2D eigenvalue weighted by Crippen LogP contribution is -2.38. The maximum Gasteiger partial charge on any atom is 0.253 e. The summed E-state index contributed by atoms with van der Waals surface area (Å²) in [5, 5.41) is 5.50. The van der Waals surface area contributed by atoms with Crippen LogP contribution in [0, 0.1) is 0 Å². The minimum absolute atomic E-state index is 0.0207. The molecule has 3 amide bonds. The van der Waals surface area contributed by atoms with Crippen LogP contribution in [0.4, 0.5) is 11.4 Å². The molecule has 162 valence electrons. The zero-order valence-electron chi connectivity index (χ0n) is 18.1. The number of hydrogen-bond acceptors (Lipinski definition) is 3. The zero-order chi connectivity index (χ0) is 22.2. The summed E-state index contributed by atoms with van der Waals surface area (Å²) < 4.78 is 0. The molecule has 31 heavy (non-hydrogen) atoms. The SMILES string of the molecule is CC(=O)Nc1ccc(/C=C/C(=O)Nc2ccc(C(=O)N(C)C3CCCCC3)cc2)cc1. The molecule has 6 nitrogen and oxygen atoms in total. The lowest BCUT2D eigenvalue weighted by molar-refractivity contribution is -0.114. The molecule has 1 aliphatic rings. The number of nitrogens with one attached hydrogen (secondary N) is 2. The van der Waals surface area contributed by atoms with Crippen LogP contribution in [0.5, 0.6) is 0 Å². The summed E-state index contributed by atoms with van der Waals surface area (Å²) in [5.74, 6) is -0.368. The van der Waals surface area contributed by atoms with Gasteiger partial charge in [-0.15, -0.1) is 0 Å². The minimum Gasteiger partial charge on any atom is -0.339 e. The summed E-state index contributed by atoms with van der Waals surface area (Å²) in [6.45, 7) is 1.45. The van der Waals surface area contributed by atoms with Crippen LogP contribution in [0.3, 0.4) is 0 Å². The number of nitrogens with zero attached hydrogens (tertiary/aromatic N) is 1. The fourth-order valence-corrected chi connectivity index (χ4v) is 3.77. The third kappa shape index (κ3) is 6.54. The molecule has 1 fully saturated rings. The highest BCUT2D eigenvalue weighted by molar-refractivity contribution is 6.02. The van der Waals surface area contributed by atoms with Gasteiger partial charge in [0.15, 0.2) is 0 Å². The number of carbonyl (C=O) groups excluding carboxylic acids is 3. The Morgan fingerprint density at radius 3 is 2.06 bits per heavy atom. The Labute approximate surface area is 183 Å². The van der Waals surface area contributed by atoms with Gasteiger partial charge in [-0.3, -0.25) is 14.4 Å². The van der Waals surface area contributed by atoms with Gasteiger partial charge in [-0.05, 0) is 60.9 Å². The van der Waals surface area contributed by atoms with Gasteiger partial charge >= 0.3 is 0 Å². The summed E-state index contributed by atoms with van der Waals surface area (Å²) in [6, 6.07) is 14.5. The third-order valence-electron chi connectivity index (χ3n) is 5.50. The Hall–Kier alpha value is -3.41. The minimum atomic E-state index is -0.260. The molecule has 0 unspecified atom stereocenters. The fraction of sp³-hybridized carbons (Fsp3) is 0.320. The molecule has 0 aliphatic heterocycles. The fourth-order valence-electron chi connectivity index (χ4n) is 3.77. The van der Waals surface area contributed by atoms with Crippen molar-refractivity contribution in [2.75, 3.05) is 17.7 Å². The lowest BCUT2D eigenvalue weighted by Gasteiger charge is -2.31. The number of hydrogen-bond donors (Lipinski definition) is 2. The summed E-state index contributed by atoms with van der Waals surface area (Å²) in [7, 11) is 1.88. The average Bonchev–Trinajstić information content (AvgIpc) is 2.78. The number of carbonyl (C=O) groups is 3. The molecule has 0 bridgehead atoms. The molecule has 0 aromatic heterocycles. The number of benzene rings is 2. The van der Waals surface area contributed by atoms with Gasteiger partial charge in [0.2, 0.25) is 11.8 Å². The van der Waals surface area contributed by atoms with Crippen LogP contribution >= 0.6 is 0 Å². The Morgan fingerprint density at radius 2 is 1.45 bits per heavy atom. The van der Waals surface area contributed by atoms with Crippen LogP contribution in [-0.2, 0) is 9.59 Å². The largest absolute Gasteiger partial charge is 0.339 e. The van der Waals surface area contributed by atoms with E-state index in [1.165, 1.54) is 32.3 Å². The second-order valence-electron chi connectivity index (χ2n) is 7.91. The molecule has 2 aromatic carbocycles. The number of anilines is 2. The monoisotopic (exact) mass is 419 g/mol. The highest BCUT2D eigenvalue weighted by atomic mass is 16.2. The van der Waals surface area contributed by atoms with E-state index < -0.39 is 0 Å². The number of amides is 3. The van der Waals surface area contributed by atoms with Crippen LogP contribution in [0.25, 0.3) is 6.08 Å². The standard InChI is InChI=1S/C25H29N3O3/c1-18(29)26-21-13-8-19(9-14-21)10-17-24(30)27-22-15-11-20(12-16-22)25(31)28(2)23-6-4-3-5-7-23/h8-17,23H,3-7H2,1-2H3,(H,26,29)(H,27,30)/b17-10+. The smallest absolute Gasteiger partial charge is 0.253 e. The van der Waals surface area contributed by atoms with Gasteiger partial charge in [0, 0.05) is 43.0 Å². The van der Waals surface area contributed by atoms with Gasteiger partial charge < -0.3 is 15.5 Å². The van der Waals surface area contributed by atoms with Crippen LogP contribution in [0.15, 0.2) is 54.6 Å². The summed E-state index contributed by atoms with van der Waals surface area (Å²) in [4.78, 5) is 37.8. The van der Waals surface area contributed by atoms with E-state index in [1.807, 2.05) is 24.1 Å². The van der Waals surface area contributed by atoms with Crippen molar-refractivity contribution < 1.29 is 14.4 Å². The second kappa shape index (κ2) is 10.6. The van der Waals surface area contributed by atoms with Gasteiger partial charge in [-0.1, -0.05) is 31.4 Å². The van der Waals surface area contributed by atoms with E-state index >= 15 is 0 Å². The first-order valence-electron chi connectivity index (χ1n) is 10.7. The highest BCUT2D eigenvalue weighted by Crippen LogP contribution is 2.23. The average molecular weight is 420 g/mol. The quantitative estimate of drug-likeness (QED) is 0.666. The van der Waals surface area contributed by atoms with Crippen LogP contribution in [-0.4, -0.2) is 35.7 Å². The van der Waals surface area contributed by atoms with Crippen molar-refractivity contribution in [3.8, 4) is 0 Å². The predicted molar refractivity (Wildman–Crippen MR) is 124 cm³/mol. The van der Waals surface area contributed by atoms with Crippen molar-refractivity contribution in [3.63, 3.8) is 0 Å². The Balaban J connectivity index is 1.54. The van der Waals surface area contributed by atoms with Gasteiger partial charge in [-0.2, -0.15) is 0 Å². The molecule has 6 heteroatoms. The van der Waals surface area contributed by atoms with E-state index in [-0.39, 0.29) is 17.7 Å². The third-order valence-corrected chi connectivity index (χ3v) is 5.50. The lowest BCUT2D eigenvalue weighted by atomic mass is 9.94. The molecule has 0 radical (unpaired) electrons. The highest BCUT2D eigenvalue weighted by Gasteiger charge is 2.22. The molecular formula is C25H29N3O3. The van der Waals surface area contributed by atoms with Crippen LogP contribution in [0.2, 0.25) is 0 Å². The summed E-state index contributed by atoms with van der Waals surface area (Å²) in [5.41, 5.74) is 2.81. The number of rotatable bonds is 6. The van der Waals surface area contributed by atoms with Gasteiger partial charge in [0.1, 0.15) is 0 Å². The summed E-state index contributed by atoms with van der Waals surface area (Å²) in [6.07, 6.45) is 8.90. The molecule has 0 spiro atoms. The van der Waals surface area contributed by atoms with Crippen LogP contribution in [0.1, 0.15) is 54.9 Å². The molecule has 0 heterocycles. The molecule has 2 N–H and O–H groups in total. The van der Waals surface area contributed by atoms with Crippen LogP contribution < -0.4 is 10.6 Å². The Bertz CT molecular complexity index is 943. The van der Waals surface area contributed by atoms with E-state index in [0.717, 1.165) is 18.4 Å². The van der Waals surface area contributed by atoms with E-state index in [2.05, 4.69) is 10.6 Å². The molecule has 0 saturated heterocycles. The summed E-state index contributed by atoms with van der Waals surface area (Å²) >= 11 is 0. The van der Waals surface area contributed by atoms with Gasteiger partial charge in [0.05, 0.1) is 0 Å². The first-order valence-corrected chi connectivity index (χ1v) is 10.7. The van der Waals surface area contributed by atoms with Crippen molar-refractivity contribution in [1.29, 1.82) is 0 Å². The zero-order valence-corrected chi connectivity index (χ0v) is 18.1. The molecule has 1 saturated carbocycles. The molecule has 2 aromatic rings. The van der Waals surface area contributed by atoms with E-state index in [0.29, 0.717) is 23.0 Å². The predicted octanol–water partition coefficient (Wildman–Crippen LogP) is 4.70. The maximum absolute atomic E-state index is 12.7. The first kappa shape index (κ1) is 22.3. The molecule has 3 rings (SSSR count).